The number of aliphatic carboxylic acids is 1. The molecule has 0 aliphatic heterocycles. The highest BCUT2D eigenvalue weighted by Gasteiger charge is 2.16. The average Bonchev–Trinajstić information content (AvgIpc) is 2.35. The van der Waals surface area contributed by atoms with Gasteiger partial charge in [-0.05, 0) is 44.5 Å². The van der Waals surface area contributed by atoms with Gasteiger partial charge in [0.25, 0.3) is 0 Å². The Labute approximate surface area is 108 Å². The van der Waals surface area contributed by atoms with Crippen LogP contribution in [-0.4, -0.2) is 42.7 Å². The van der Waals surface area contributed by atoms with E-state index in [9.17, 15) is 4.79 Å². The minimum absolute atomic E-state index is 0.454. The first-order valence-electron chi connectivity index (χ1n) is 6.02. The van der Waals surface area contributed by atoms with Crippen LogP contribution in [-0.2, 0) is 11.2 Å². The van der Waals surface area contributed by atoms with Crippen molar-refractivity contribution in [2.75, 3.05) is 20.7 Å². The van der Waals surface area contributed by atoms with E-state index in [1.807, 2.05) is 31.0 Å². The quantitative estimate of drug-likeness (QED) is 0.839. The summed E-state index contributed by atoms with van der Waals surface area (Å²) >= 11 is 0. The van der Waals surface area contributed by atoms with Crippen LogP contribution in [0.2, 0.25) is 0 Å². The summed E-state index contributed by atoms with van der Waals surface area (Å²) in [7, 11) is 3.49. The SMILES string of the molecule is COc1ccc(CCN(C)C(C)C(=O)O)cc1C. The van der Waals surface area contributed by atoms with Crippen molar-refractivity contribution in [1.29, 1.82) is 0 Å². The van der Waals surface area contributed by atoms with E-state index in [0.717, 1.165) is 24.3 Å². The van der Waals surface area contributed by atoms with Crippen molar-refractivity contribution in [2.45, 2.75) is 26.3 Å². The van der Waals surface area contributed by atoms with Crippen molar-refractivity contribution < 1.29 is 14.6 Å². The van der Waals surface area contributed by atoms with Gasteiger partial charge in [0.2, 0.25) is 0 Å². The van der Waals surface area contributed by atoms with Gasteiger partial charge in [0, 0.05) is 6.54 Å². The topological polar surface area (TPSA) is 49.8 Å². The molecule has 1 N–H and O–H groups in total. The number of nitrogens with zero attached hydrogens (tertiary/aromatic N) is 1. The van der Waals surface area contributed by atoms with E-state index >= 15 is 0 Å². The molecular formula is C14H21NO3. The summed E-state index contributed by atoms with van der Waals surface area (Å²) in [6, 6.07) is 5.60. The lowest BCUT2D eigenvalue weighted by molar-refractivity contribution is -0.142. The Balaban J connectivity index is 2.58. The molecule has 0 saturated carbocycles. The van der Waals surface area contributed by atoms with Crippen LogP contribution in [0.3, 0.4) is 0 Å². The first-order chi connectivity index (χ1) is 8.45. The minimum Gasteiger partial charge on any atom is -0.496 e. The number of benzene rings is 1. The molecule has 1 aromatic carbocycles. The van der Waals surface area contributed by atoms with Crippen molar-refractivity contribution in [1.82, 2.24) is 4.90 Å². The number of hydrogen-bond donors (Lipinski definition) is 1. The van der Waals surface area contributed by atoms with Crippen LogP contribution in [0.4, 0.5) is 0 Å². The van der Waals surface area contributed by atoms with Crippen LogP contribution in [0.5, 0.6) is 5.75 Å². The average molecular weight is 251 g/mol. The number of carboxylic acid groups (broad SMARTS) is 1. The van der Waals surface area contributed by atoms with Crippen molar-refractivity contribution in [3.63, 3.8) is 0 Å². The lowest BCUT2D eigenvalue weighted by atomic mass is 10.1. The monoisotopic (exact) mass is 251 g/mol. The van der Waals surface area contributed by atoms with E-state index in [4.69, 9.17) is 9.84 Å². The van der Waals surface area contributed by atoms with Gasteiger partial charge in [-0.2, -0.15) is 0 Å². The summed E-state index contributed by atoms with van der Waals surface area (Å²) in [4.78, 5) is 12.7. The van der Waals surface area contributed by atoms with Gasteiger partial charge < -0.3 is 9.84 Å². The van der Waals surface area contributed by atoms with E-state index < -0.39 is 12.0 Å². The van der Waals surface area contributed by atoms with E-state index in [1.54, 1.807) is 14.0 Å². The van der Waals surface area contributed by atoms with Gasteiger partial charge in [0.15, 0.2) is 0 Å². The summed E-state index contributed by atoms with van der Waals surface area (Å²) < 4.78 is 5.21. The van der Waals surface area contributed by atoms with Crippen LogP contribution >= 0.6 is 0 Å². The molecule has 1 rings (SSSR count). The van der Waals surface area contributed by atoms with Crippen molar-refractivity contribution in [3.05, 3.63) is 29.3 Å². The Morgan fingerprint density at radius 1 is 1.50 bits per heavy atom. The number of aryl methyl sites for hydroxylation is 1. The highest BCUT2D eigenvalue weighted by Crippen LogP contribution is 2.18. The molecule has 18 heavy (non-hydrogen) atoms. The Hall–Kier alpha value is -1.55. The molecule has 0 spiro atoms. The smallest absolute Gasteiger partial charge is 0.320 e. The zero-order chi connectivity index (χ0) is 13.7. The Morgan fingerprint density at radius 2 is 2.17 bits per heavy atom. The number of rotatable bonds is 6. The molecule has 0 amide bonds. The molecule has 0 aliphatic carbocycles. The van der Waals surface area contributed by atoms with E-state index in [0.29, 0.717) is 0 Å². The maximum Gasteiger partial charge on any atom is 0.320 e. The molecule has 0 radical (unpaired) electrons. The number of hydrogen-bond acceptors (Lipinski definition) is 3. The van der Waals surface area contributed by atoms with Crippen molar-refractivity contribution in [3.8, 4) is 5.75 Å². The maximum atomic E-state index is 10.8. The van der Waals surface area contributed by atoms with Gasteiger partial charge in [-0.1, -0.05) is 12.1 Å². The molecular weight excluding hydrogens is 230 g/mol. The lowest BCUT2D eigenvalue weighted by Crippen LogP contribution is -2.37. The van der Waals surface area contributed by atoms with Gasteiger partial charge >= 0.3 is 5.97 Å². The normalized spacial score (nSPS) is 12.5. The van der Waals surface area contributed by atoms with E-state index in [-0.39, 0.29) is 0 Å². The van der Waals surface area contributed by atoms with Gasteiger partial charge in [0.1, 0.15) is 11.8 Å². The van der Waals surface area contributed by atoms with Gasteiger partial charge in [-0.25, -0.2) is 0 Å². The maximum absolute atomic E-state index is 10.8. The number of ether oxygens (including phenoxy) is 1. The van der Waals surface area contributed by atoms with Gasteiger partial charge in [-0.15, -0.1) is 0 Å². The van der Waals surface area contributed by atoms with E-state index in [1.165, 1.54) is 5.56 Å². The third kappa shape index (κ3) is 3.74. The molecule has 4 nitrogen and oxygen atoms in total. The molecule has 1 aromatic rings. The zero-order valence-electron chi connectivity index (χ0n) is 11.4. The van der Waals surface area contributed by atoms with Gasteiger partial charge in [-0.3, -0.25) is 9.69 Å². The lowest BCUT2D eigenvalue weighted by Gasteiger charge is -2.21. The summed E-state index contributed by atoms with van der Waals surface area (Å²) in [5, 5.41) is 8.90. The number of likely N-dealkylation sites (N-methyl/N-ethyl adjacent to an activating group) is 1. The second-order valence-corrected chi connectivity index (χ2v) is 4.55. The largest absolute Gasteiger partial charge is 0.496 e. The summed E-state index contributed by atoms with van der Waals surface area (Å²) in [5.74, 6) is 0.0921. The van der Waals surface area contributed by atoms with Crippen LogP contribution in [0.1, 0.15) is 18.1 Å². The fourth-order valence-corrected chi connectivity index (χ4v) is 1.78. The fraction of sp³-hybridized carbons (Fsp3) is 0.500. The Morgan fingerprint density at radius 3 is 2.67 bits per heavy atom. The van der Waals surface area contributed by atoms with Gasteiger partial charge in [0.05, 0.1) is 7.11 Å². The second-order valence-electron chi connectivity index (χ2n) is 4.55. The van der Waals surface area contributed by atoms with E-state index in [2.05, 4.69) is 6.07 Å². The fourth-order valence-electron chi connectivity index (χ4n) is 1.78. The zero-order valence-corrected chi connectivity index (χ0v) is 11.4. The Kier molecular flexibility index (Phi) is 5.16. The van der Waals surface area contributed by atoms with Crippen molar-refractivity contribution in [2.24, 2.45) is 0 Å². The Bertz CT molecular complexity index is 418. The molecule has 1 atom stereocenters. The number of methoxy groups -OCH3 is 1. The van der Waals surface area contributed by atoms with Crippen LogP contribution < -0.4 is 4.74 Å². The standard InChI is InChI=1S/C14H21NO3/c1-10-9-12(5-6-13(10)18-4)7-8-15(3)11(2)14(16)17/h5-6,9,11H,7-8H2,1-4H3,(H,16,17). The minimum atomic E-state index is -0.789. The molecule has 0 aliphatic rings. The number of carboxylic acids is 1. The molecule has 0 fully saturated rings. The molecule has 0 heterocycles. The van der Waals surface area contributed by atoms with Crippen LogP contribution in [0.15, 0.2) is 18.2 Å². The first-order valence-corrected chi connectivity index (χ1v) is 6.02. The summed E-state index contributed by atoms with van der Waals surface area (Å²) in [6.07, 6.45) is 0.832. The predicted molar refractivity (Wildman–Crippen MR) is 71.2 cm³/mol. The van der Waals surface area contributed by atoms with Crippen LogP contribution in [0.25, 0.3) is 0 Å². The molecule has 100 valence electrons. The van der Waals surface area contributed by atoms with Crippen molar-refractivity contribution >= 4 is 5.97 Å². The number of carbonyl (C=O) groups is 1. The highest BCUT2D eigenvalue weighted by molar-refractivity contribution is 5.72. The molecule has 1 unspecified atom stereocenters. The molecule has 0 bridgehead atoms. The molecule has 4 heteroatoms. The molecule has 0 saturated heterocycles. The van der Waals surface area contributed by atoms with Crippen LogP contribution in [0, 0.1) is 6.92 Å². The third-order valence-corrected chi connectivity index (χ3v) is 3.23. The molecule has 0 aromatic heterocycles. The third-order valence-electron chi connectivity index (χ3n) is 3.23. The second kappa shape index (κ2) is 6.40. The predicted octanol–water partition coefficient (Wildman–Crippen LogP) is 1.95. The summed E-state index contributed by atoms with van der Waals surface area (Å²) in [6.45, 7) is 4.42. The first kappa shape index (κ1) is 14.5. The summed E-state index contributed by atoms with van der Waals surface area (Å²) in [5.41, 5.74) is 2.29. The highest BCUT2D eigenvalue weighted by atomic mass is 16.5.